The minimum atomic E-state index is -0.738. The van der Waals surface area contributed by atoms with Gasteiger partial charge < -0.3 is 14.2 Å². The molecule has 1 saturated heterocycles. The van der Waals surface area contributed by atoms with E-state index in [4.69, 9.17) is 26.4 Å². The molecular weight excluding hydrogens is 438 g/mol. The molecule has 0 saturated carbocycles. The third-order valence-corrected chi connectivity index (χ3v) is 4.80. The molecule has 0 unspecified atom stereocenters. The largest absolute Gasteiger partial charge is 0.496 e. The summed E-state index contributed by atoms with van der Waals surface area (Å²) in [5.74, 6) is -0.760. The van der Waals surface area contributed by atoms with E-state index in [-0.39, 0.29) is 33.4 Å². The van der Waals surface area contributed by atoms with Crippen LogP contribution in [0.3, 0.4) is 0 Å². The van der Waals surface area contributed by atoms with E-state index in [2.05, 4.69) is 5.32 Å². The second kappa shape index (κ2) is 9.43. The molecule has 10 nitrogen and oxygen atoms in total. The van der Waals surface area contributed by atoms with Crippen molar-refractivity contribution >= 4 is 46.6 Å². The van der Waals surface area contributed by atoms with E-state index in [9.17, 15) is 19.7 Å². The zero-order valence-corrected chi connectivity index (χ0v) is 18.2. The van der Waals surface area contributed by atoms with E-state index in [0.717, 1.165) is 11.0 Å². The Morgan fingerprint density at radius 3 is 2.50 bits per heavy atom. The molecule has 1 aliphatic heterocycles. The van der Waals surface area contributed by atoms with Crippen molar-refractivity contribution in [3.8, 4) is 17.2 Å². The molecule has 32 heavy (non-hydrogen) atoms. The lowest BCUT2D eigenvalue weighted by Gasteiger charge is -2.29. The molecule has 2 aromatic rings. The van der Waals surface area contributed by atoms with Crippen LogP contribution in [0.4, 0.5) is 11.4 Å². The number of nitro benzene ring substituents is 1. The number of nitrogens with zero attached hydrogens (tertiary/aromatic N) is 2. The average molecular weight is 457 g/mol. The fourth-order valence-electron chi connectivity index (χ4n) is 3.09. The highest BCUT2D eigenvalue weighted by Gasteiger charge is 2.35. The number of benzene rings is 2. The first kappa shape index (κ1) is 22.7. The van der Waals surface area contributed by atoms with Gasteiger partial charge in [-0.1, -0.05) is 6.07 Å². The molecule has 11 heteroatoms. The molecule has 2 aromatic carbocycles. The highest BCUT2D eigenvalue weighted by Crippen LogP contribution is 2.36. The molecule has 1 fully saturated rings. The van der Waals surface area contributed by atoms with Crippen molar-refractivity contribution < 1.29 is 28.7 Å². The molecule has 0 aromatic heterocycles. The van der Waals surface area contributed by atoms with Crippen molar-refractivity contribution in [3.05, 3.63) is 57.6 Å². The second-order valence-electron chi connectivity index (χ2n) is 6.41. The van der Waals surface area contributed by atoms with Gasteiger partial charge in [-0.2, -0.15) is 0 Å². The maximum Gasteiger partial charge on any atom is 0.311 e. The van der Waals surface area contributed by atoms with Gasteiger partial charge in [-0.15, -0.1) is 0 Å². The van der Waals surface area contributed by atoms with Crippen LogP contribution in [0.25, 0.3) is 6.08 Å². The van der Waals surface area contributed by atoms with Crippen LogP contribution >= 0.6 is 12.2 Å². The van der Waals surface area contributed by atoms with Gasteiger partial charge in [0, 0.05) is 23.8 Å². The molecule has 0 radical (unpaired) electrons. The van der Waals surface area contributed by atoms with Gasteiger partial charge in [0.15, 0.2) is 5.11 Å². The lowest BCUT2D eigenvalue weighted by atomic mass is 10.0. The Bertz CT molecular complexity index is 1150. The molecular formula is C21H19N3O7S. The summed E-state index contributed by atoms with van der Waals surface area (Å²) in [4.78, 5) is 37.7. The summed E-state index contributed by atoms with van der Waals surface area (Å²) in [5, 5.41) is 13.8. The normalized spacial score (nSPS) is 14.9. The molecule has 2 amide bonds. The first-order chi connectivity index (χ1) is 15.3. The Morgan fingerprint density at radius 2 is 1.88 bits per heavy atom. The van der Waals surface area contributed by atoms with Gasteiger partial charge in [0.25, 0.3) is 11.8 Å². The van der Waals surface area contributed by atoms with E-state index in [1.807, 2.05) is 6.92 Å². The quantitative estimate of drug-likeness (QED) is 0.222. The highest BCUT2D eigenvalue weighted by molar-refractivity contribution is 7.80. The molecule has 0 atom stereocenters. The van der Waals surface area contributed by atoms with Crippen molar-refractivity contribution in [2.24, 2.45) is 0 Å². The van der Waals surface area contributed by atoms with Crippen LogP contribution in [0.1, 0.15) is 12.5 Å². The number of carbonyl (C=O) groups is 2. The first-order valence-corrected chi connectivity index (χ1v) is 9.76. The van der Waals surface area contributed by atoms with E-state index >= 15 is 0 Å². The smallest absolute Gasteiger partial charge is 0.311 e. The Kier molecular flexibility index (Phi) is 6.69. The summed E-state index contributed by atoms with van der Waals surface area (Å²) < 4.78 is 15.8. The van der Waals surface area contributed by atoms with Crippen LogP contribution in [0.5, 0.6) is 17.2 Å². The lowest BCUT2D eigenvalue weighted by Crippen LogP contribution is -2.54. The zero-order valence-electron chi connectivity index (χ0n) is 17.4. The van der Waals surface area contributed by atoms with E-state index in [0.29, 0.717) is 18.0 Å². The number of anilines is 1. The number of amides is 2. The molecule has 0 spiro atoms. The molecule has 3 rings (SSSR count). The fraction of sp³-hybridized carbons (Fsp3) is 0.190. The Hall–Kier alpha value is -3.99. The number of thiocarbonyl (C=S) groups is 1. The minimum Gasteiger partial charge on any atom is -0.496 e. The number of methoxy groups -OCH3 is 2. The number of carbonyl (C=O) groups excluding carboxylic acids is 2. The van der Waals surface area contributed by atoms with Crippen molar-refractivity contribution in [1.82, 2.24) is 5.32 Å². The molecule has 1 heterocycles. The van der Waals surface area contributed by atoms with Crippen molar-refractivity contribution in [3.63, 3.8) is 0 Å². The zero-order chi connectivity index (χ0) is 23.4. The summed E-state index contributed by atoms with van der Waals surface area (Å²) in [5.41, 5.74) is -0.0855. The predicted molar refractivity (Wildman–Crippen MR) is 120 cm³/mol. The van der Waals surface area contributed by atoms with Crippen molar-refractivity contribution in [2.75, 3.05) is 25.7 Å². The maximum absolute atomic E-state index is 13.2. The summed E-state index contributed by atoms with van der Waals surface area (Å²) >= 11 is 5.20. The number of rotatable bonds is 7. The lowest BCUT2D eigenvalue weighted by molar-refractivity contribution is -0.385. The van der Waals surface area contributed by atoms with Gasteiger partial charge in [-0.25, -0.2) is 0 Å². The Balaban J connectivity index is 2.09. The monoisotopic (exact) mass is 457 g/mol. The fourth-order valence-corrected chi connectivity index (χ4v) is 3.37. The third-order valence-electron chi connectivity index (χ3n) is 4.52. The van der Waals surface area contributed by atoms with Crippen molar-refractivity contribution in [1.29, 1.82) is 0 Å². The standard InChI is InChI=1S/C21H19N3O7S/c1-4-31-14-7-5-6-13(10-14)23-20(26)15(19(25)22-21(23)32)8-12-9-16(24(27)28)18(30-3)11-17(12)29-2/h5-11H,4H2,1-3H3,(H,22,25,32)/b15-8+. The van der Waals surface area contributed by atoms with Crippen LogP contribution in [0.2, 0.25) is 0 Å². The Morgan fingerprint density at radius 1 is 1.16 bits per heavy atom. The molecule has 0 bridgehead atoms. The summed E-state index contributed by atoms with van der Waals surface area (Å²) in [6.45, 7) is 2.26. The van der Waals surface area contributed by atoms with Crippen LogP contribution in [0, 0.1) is 10.1 Å². The second-order valence-corrected chi connectivity index (χ2v) is 6.80. The van der Waals surface area contributed by atoms with E-state index in [1.165, 1.54) is 26.4 Å². The first-order valence-electron chi connectivity index (χ1n) is 9.35. The van der Waals surface area contributed by atoms with Gasteiger partial charge in [-0.05, 0) is 37.4 Å². The van der Waals surface area contributed by atoms with Crippen LogP contribution in [0.15, 0.2) is 42.0 Å². The average Bonchev–Trinajstić information content (AvgIpc) is 2.76. The van der Waals surface area contributed by atoms with E-state index < -0.39 is 16.7 Å². The molecule has 0 aliphatic carbocycles. The molecule has 1 aliphatic rings. The number of nitro groups is 1. The summed E-state index contributed by atoms with van der Waals surface area (Å²) in [6.07, 6.45) is 1.21. The highest BCUT2D eigenvalue weighted by atomic mass is 32.1. The molecule has 166 valence electrons. The van der Waals surface area contributed by atoms with Gasteiger partial charge in [0.2, 0.25) is 5.75 Å². The summed E-state index contributed by atoms with van der Waals surface area (Å²) in [6, 6.07) is 9.14. The number of nitrogens with one attached hydrogen (secondary N) is 1. The van der Waals surface area contributed by atoms with Crippen molar-refractivity contribution in [2.45, 2.75) is 6.92 Å². The molecule has 1 N–H and O–H groups in total. The van der Waals surface area contributed by atoms with Gasteiger partial charge in [0.1, 0.15) is 17.1 Å². The third kappa shape index (κ3) is 4.37. The number of hydrogen-bond acceptors (Lipinski definition) is 8. The SMILES string of the molecule is CCOc1cccc(N2C(=O)/C(=C/c3cc([N+](=O)[O-])c(OC)cc3OC)C(=O)NC2=S)c1. The van der Waals surface area contributed by atoms with Gasteiger partial charge in [0.05, 0.1) is 31.4 Å². The minimum absolute atomic E-state index is 0.0241. The number of hydrogen-bond donors (Lipinski definition) is 1. The van der Waals surface area contributed by atoms with Crippen LogP contribution in [-0.4, -0.2) is 42.7 Å². The van der Waals surface area contributed by atoms with E-state index in [1.54, 1.807) is 24.3 Å². The predicted octanol–water partition coefficient (Wildman–Crippen LogP) is 2.84. The topological polar surface area (TPSA) is 120 Å². The number of ether oxygens (including phenoxy) is 3. The van der Waals surface area contributed by atoms with Gasteiger partial charge >= 0.3 is 5.69 Å². The van der Waals surface area contributed by atoms with Crippen LogP contribution in [-0.2, 0) is 9.59 Å². The van der Waals surface area contributed by atoms with Crippen LogP contribution < -0.4 is 24.4 Å². The Labute approximate surface area is 188 Å². The maximum atomic E-state index is 13.2. The van der Waals surface area contributed by atoms with Gasteiger partial charge in [-0.3, -0.25) is 29.9 Å². The summed E-state index contributed by atoms with van der Waals surface area (Å²) in [7, 11) is 2.64.